The Morgan fingerprint density at radius 2 is 1.52 bits per heavy atom. The third-order valence-electron chi connectivity index (χ3n) is 3.73. The maximum atomic E-state index is 12.6. The van der Waals surface area contributed by atoms with Crippen LogP contribution < -0.4 is 16.0 Å². The van der Waals surface area contributed by atoms with Crippen LogP contribution in [0.4, 0.5) is 21.1 Å². The van der Waals surface area contributed by atoms with E-state index in [1.54, 1.807) is 53.7 Å². The van der Waals surface area contributed by atoms with Gasteiger partial charge in [0.1, 0.15) is 22.8 Å². The first kappa shape index (κ1) is 25.4. The van der Waals surface area contributed by atoms with Gasteiger partial charge in [-0.15, -0.1) is 0 Å². The lowest BCUT2D eigenvalue weighted by Crippen LogP contribution is -2.27. The highest BCUT2D eigenvalue weighted by atomic mass is 16.6. The Labute approximate surface area is 192 Å². The molecule has 2 aromatic rings. The molecule has 10 heteroatoms. The summed E-state index contributed by atoms with van der Waals surface area (Å²) in [5, 5.41) is 17.7. The van der Waals surface area contributed by atoms with Crippen molar-refractivity contribution in [2.24, 2.45) is 0 Å². The predicted molar refractivity (Wildman–Crippen MR) is 123 cm³/mol. The average molecular weight is 459 g/mol. The van der Waals surface area contributed by atoms with E-state index in [-0.39, 0.29) is 29.4 Å². The number of nitrogens with zero attached hydrogens (tertiary/aromatic N) is 1. The van der Waals surface area contributed by atoms with Crippen molar-refractivity contribution in [2.45, 2.75) is 59.3 Å². The van der Waals surface area contributed by atoms with Crippen LogP contribution in [-0.4, -0.2) is 39.4 Å². The average Bonchev–Trinajstić information content (AvgIpc) is 2.62. The lowest BCUT2D eigenvalue weighted by Gasteiger charge is -2.20. The molecule has 0 saturated heterocycles. The lowest BCUT2D eigenvalue weighted by molar-refractivity contribution is 0.0624. The molecule has 0 saturated carbocycles. The summed E-state index contributed by atoms with van der Waals surface area (Å²) in [4.78, 5) is 40.5. The molecule has 1 aromatic heterocycles. The number of ether oxygens (including phenoxy) is 2. The van der Waals surface area contributed by atoms with E-state index in [4.69, 9.17) is 9.47 Å². The molecule has 0 aliphatic heterocycles. The number of aromatic nitrogens is 1. The Kier molecular flexibility index (Phi) is 7.86. The second-order valence-electron chi connectivity index (χ2n) is 9.25. The second-order valence-corrected chi connectivity index (χ2v) is 9.25. The van der Waals surface area contributed by atoms with Crippen LogP contribution in [0.25, 0.3) is 0 Å². The first-order chi connectivity index (χ1) is 15.2. The second kappa shape index (κ2) is 10.2. The van der Waals surface area contributed by atoms with E-state index in [1.165, 1.54) is 24.4 Å². The van der Waals surface area contributed by atoms with Crippen molar-refractivity contribution in [1.82, 2.24) is 10.3 Å². The van der Waals surface area contributed by atoms with E-state index in [0.29, 0.717) is 5.56 Å². The van der Waals surface area contributed by atoms with Crippen LogP contribution in [-0.2, 0) is 16.0 Å². The summed E-state index contributed by atoms with van der Waals surface area (Å²) in [5.74, 6) is -0.393. The molecule has 0 aliphatic rings. The van der Waals surface area contributed by atoms with Gasteiger partial charge in [-0.3, -0.25) is 15.4 Å². The standard InChI is InChI=1S/C23H30N4O6/c1-22(2,3)32-20(30)26-16-10-15(11-17(28)12-16)19(29)25-13-14-7-8-24-18(9-14)27-21(31)33-23(4,5)6/h7-12,28H,13H2,1-6H3,(H,25,29)(H,26,30)(H,24,27,31). The van der Waals surface area contributed by atoms with Gasteiger partial charge in [-0.05, 0) is 71.4 Å². The van der Waals surface area contributed by atoms with E-state index in [2.05, 4.69) is 20.9 Å². The number of pyridine rings is 1. The molecule has 0 unspecified atom stereocenters. The van der Waals surface area contributed by atoms with Crippen molar-refractivity contribution in [1.29, 1.82) is 0 Å². The van der Waals surface area contributed by atoms with Gasteiger partial charge in [0.25, 0.3) is 5.91 Å². The Bertz CT molecular complexity index is 1020. The Hall–Kier alpha value is -3.82. The monoisotopic (exact) mass is 458 g/mol. The molecule has 0 atom stereocenters. The van der Waals surface area contributed by atoms with E-state index >= 15 is 0 Å². The van der Waals surface area contributed by atoms with E-state index in [9.17, 15) is 19.5 Å². The summed E-state index contributed by atoms with van der Waals surface area (Å²) in [7, 11) is 0. The van der Waals surface area contributed by atoms with Crippen molar-refractivity contribution in [3.8, 4) is 5.75 Å². The Morgan fingerprint density at radius 1 is 0.909 bits per heavy atom. The lowest BCUT2D eigenvalue weighted by atomic mass is 10.1. The van der Waals surface area contributed by atoms with Gasteiger partial charge < -0.3 is 19.9 Å². The molecule has 1 heterocycles. The van der Waals surface area contributed by atoms with Crippen molar-refractivity contribution in [2.75, 3.05) is 10.6 Å². The van der Waals surface area contributed by atoms with E-state index in [0.717, 1.165) is 0 Å². The zero-order chi connectivity index (χ0) is 24.8. The number of phenolic OH excluding ortho intramolecular Hbond substituents is 1. The summed E-state index contributed by atoms with van der Waals surface area (Å²) >= 11 is 0. The third-order valence-corrected chi connectivity index (χ3v) is 3.73. The number of amides is 3. The number of hydrogen-bond acceptors (Lipinski definition) is 7. The topological polar surface area (TPSA) is 139 Å². The van der Waals surface area contributed by atoms with Crippen LogP contribution in [0.1, 0.15) is 57.5 Å². The molecule has 4 N–H and O–H groups in total. The highest BCUT2D eigenvalue weighted by Gasteiger charge is 2.18. The molecule has 2 rings (SSSR count). The number of aromatic hydroxyl groups is 1. The number of rotatable bonds is 5. The summed E-state index contributed by atoms with van der Waals surface area (Å²) in [5.41, 5.74) is -0.308. The van der Waals surface area contributed by atoms with Gasteiger partial charge in [0, 0.05) is 30.1 Å². The molecule has 0 aliphatic carbocycles. The minimum Gasteiger partial charge on any atom is -0.508 e. The number of hydrogen-bond donors (Lipinski definition) is 4. The molecule has 178 valence electrons. The summed E-state index contributed by atoms with van der Waals surface area (Å²) in [6.07, 6.45) is 0.146. The van der Waals surface area contributed by atoms with Gasteiger partial charge in [0.2, 0.25) is 0 Å². The van der Waals surface area contributed by atoms with Crippen LogP contribution in [0.3, 0.4) is 0 Å². The largest absolute Gasteiger partial charge is 0.508 e. The summed E-state index contributed by atoms with van der Waals surface area (Å²) in [6, 6.07) is 7.28. The SMILES string of the molecule is CC(C)(C)OC(=O)Nc1cc(O)cc(C(=O)NCc2ccnc(NC(=O)OC(C)(C)C)c2)c1. The molecule has 0 fully saturated rings. The fourth-order valence-corrected chi connectivity index (χ4v) is 2.58. The molecule has 10 nitrogen and oxygen atoms in total. The molecular weight excluding hydrogens is 428 g/mol. The number of carbonyl (C=O) groups is 3. The fourth-order valence-electron chi connectivity index (χ4n) is 2.58. The number of nitrogens with one attached hydrogen (secondary N) is 3. The smallest absolute Gasteiger partial charge is 0.413 e. The first-order valence-corrected chi connectivity index (χ1v) is 10.3. The quantitative estimate of drug-likeness (QED) is 0.520. The number of benzene rings is 1. The zero-order valence-electron chi connectivity index (χ0n) is 19.6. The van der Waals surface area contributed by atoms with Crippen LogP contribution in [0.5, 0.6) is 5.75 Å². The summed E-state index contributed by atoms with van der Waals surface area (Å²) in [6.45, 7) is 10.6. The third kappa shape index (κ3) is 9.46. The van der Waals surface area contributed by atoms with Crippen molar-refractivity contribution in [3.05, 3.63) is 47.7 Å². The maximum Gasteiger partial charge on any atom is 0.413 e. The number of anilines is 2. The highest BCUT2D eigenvalue weighted by Crippen LogP contribution is 2.21. The predicted octanol–water partition coefficient (Wildman–Crippen LogP) is 4.41. The fraction of sp³-hybridized carbons (Fsp3) is 0.391. The van der Waals surface area contributed by atoms with Gasteiger partial charge >= 0.3 is 12.2 Å². The van der Waals surface area contributed by atoms with Gasteiger partial charge in [0.05, 0.1) is 0 Å². The van der Waals surface area contributed by atoms with Crippen LogP contribution >= 0.6 is 0 Å². The normalized spacial score (nSPS) is 11.3. The van der Waals surface area contributed by atoms with Crippen molar-refractivity contribution < 1.29 is 29.0 Å². The zero-order valence-corrected chi connectivity index (χ0v) is 19.6. The Balaban J connectivity index is 2.01. The Morgan fingerprint density at radius 3 is 2.12 bits per heavy atom. The van der Waals surface area contributed by atoms with Crippen molar-refractivity contribution >= 4 is 29.6 Å². The van der Waals surface area contributed by atoms with Crippen LogP contribution in [0.2, 0.25) is 0 Å². The molecule has 1 aromatic carbocycles. The van der Waals surface area contributed by atoms with Crippen molar-refractivity contribution in [3.63, 3.8) is 0 Å². The van der Waals surface area contributed by atoms with E-state index in [1.807, 2.05) is 0 Å². The summed E-state index contributed by atoms with van der Waals surface area (Å²) < 4.78 is 10.4. The molecule has 33 heavy (non-hydrogen) atoms. The first-order valence-electron chi connectivity index (χ1n) is 10.3. The van der Waals surface area contributed by atoms with Crippen LogP contribution in [0, 0.1) is 0 Å². The molecule has 0 bridgehead atoms. The number of phenols is 1. The minimum absolute atomic E-state index is 0.134. The van der Waals surface area contributed by atoms with E-state index < -0.39 is 29.3 Å². The molecule has 3 amide bonds. The molecule has 0 spiro atoms. The maximum absolute atomic E-state index is 12.6. The van der Waals surface area contributed by atoms with Gasteiger partial charge in [-0.2, -0.15) is 0 Å². The minimum atomic E-state index is -0.707. The highest BCUT2D eigenvalue weighted by molar-refractivity contribution is 5.97. The van der Waals surface area contributed by atoms with Gasteiger partial charge in [-0.1, -0.05) is 0 Å². The van der Waals surface area contributed by atoms with Gasteiger partial charge in [0.15, 0.2) is 0 Å². The molecular formula is C23H30N4O6. The van der Waals surface area contributed by atoms with Gasteiger partial charge in [-0.25, -0.2) is 14.6 Å². The number of carbonyl (C=O) groups excluding carboxylic acids is 3. The van der Waals surface area contributed by atoms with Crippen LogP contribution in [0.15, 0.2) is 36.5 Å². The molecule has 0 radical (unpaired) electrons.